The molecule has 0 saturated carbocycles. The van der Waals surface area contributed by atoms with Gasteiger partial charge in [-0.1, -0.05) is 23.8 Å². The van der Waals surface area contributed by atoms with Gasteiger partial charge >= 0.3 is 0 Å². The standard InChI is InChI=1S/C11H12O2/c1-9-4-2-5-10(8-9)11(13)6-3-7-12/h2,4-5,7-8H,3,6H2,1H3. The molecule has 1 aromatic rings. The molecule has 1 aromatic carbocycles. The fourth-order valence-electron chi connectivity index (χ4n) is 1.15. The monoisotopic (exact) mass is 176 g/mol. The third kappa shape index (κ3) is 2.82. The quantitative estimate of drug-likeness (QED) is 0.520. The van der Waals surface area contributed by atoms with Crippen LogP contribution in [0.5, 0.6) is 0 Å². The summed E-state index contributed by atoms with van der Waals surface area (Å²) in [5.74, 6) is 0.0378. The molecular weight excluding hydrogens is 164 g/mol. The number of hydrogen-bond donors (Lipinski definition) is 0. The van der Waals surface area contributed by atoms with Crippen molar-refractivity contribution in [2.24, 2.45) is 0 Å². The van der Waals surface area contributed by atoms with Crippen LogP contribution in [0.3, 0.4) is 0 Å². The van der Waals surface area contributed by atoms with Gasteiger partial charge in [-0.05, 0) is 13.0 Å². The Balaban J connectivity index is 2.71. The maximum atomic E-state index is 11.4. The Kier molecular flexibility index (Phi) is 3.38. The smallest absolute Gasteiger partial charge is 0.163 e. The minimum absolute atomic E-state index is 0.0378. The van der Waals surface area contributed by atoms with E-state index in [1.807, 2.05) is 25.1 Å². The number of carbonyl (C=O) groups excluding carboxylic acids is 2. The maximum absolute atomic E-state index is 11.4. The van der Waals surface area contributed by atoms with E-state index < -0.39 is 0 Å². The van der Waals surface area contributed by atoms with Crippen molar-refractivity contribution < 1.29 is 9.59 Å². The highest BCUT2D eigenvalue weighted by atomic mass is 16.1. The van der Waals surface area contributed by atoms with Crippen LogP contribution in [-0.4, -0.2) is 12.1 Å². The van der Waals surface area contributed by atoms with Gasteiger partial charge in [-0.2, -0.15) is 0 Å². The van der Waals surface area contributed by atoms with Crippen molar-refractivity contribution in [3.05, 3.63) is 35.4 Å². The highest BCUT2D eigenvalue weighted by molar-refractivity contribution is 5.96. The van der Waals surface area contributed by atoms with Gasteiger partial charge in [0.1, 0.15) is 6.29 Å². The Labute approximate surface area is 77.6 Å². The minimum Gasteiger partial charge on any atom is -0.303 e. The third-order valence-corrected chi connectivity index (χ3v) is 1.83. The first-order chi connectivity index (χ1) is 6.24. The van der Waals surface area contributed by atoms with Crippen LogP contribution in [0.1, 0.15) is 28.8 Å². The largest absolute Gasteiger partial charge is 0.303 e. The Morgan fingerprint density at radius 2 is 2.23 bits per heavy atom. The topological polar surface area (TPSA) is 34.1 Å². The number of carbonyl (C=O) groups is 2. The number of Topliss-reactive ketones (excluding diaryl/α,β-unsaturated/α-hetero) is 1. The van der Waals surface area contributed by atoms with Crippen molar-refractivity contribution in [2.45, 2.75) is 19.8 Å². The van der Waals surface area contributed by atoms with Gasteiger partial charge < -0.3 is 4.79 Å². The van der Waals surface area contributed by atoms with Crippen LogP contribution < -0.4 is 0 Å². The summed E-state index contributed by atoms with van der Waals surface area (Å²) in [5.41, 5.74) is 1.76. The number of aryl methyl sites for hydroxylation is 1. The summed E-state index contributed by atoms with van der Waals surface area (Å²) >= 11 is 0. The Morgan fingerprint density at radius 3 is 2.85 bits per heavy atom. The van der Waals surface area contributed by atoms with Gasteiger partial charge in [-0.15, -0.1) is 0 Å². The molecule has 0 bridgehead atoms. The summed E-state index contributed by atoms with van der Waals surface area (Å²) in [5, 5.41) is 0. The lowest BCUT2D eigenvalue weighted by atomic mass is 10.1. The Hall–Kier alpha value is -1.44. The summed E-state index contributed by atoms with van der Waals surface area (Å²) in [6.07, 6.45) is 1.40. The second kappa shape index (κ2) is 4.55. The molecule has 0 heterocycles. The average Bonchev–Trinajstić information content (AvgIpc) is 2.14. The Bertz CT molecular complexity index is 316. The van der Waals surface area contributed by atoms with E-state index in [9.17, 15) is 9.59 Å². The zero-order chi connectivity index (χ0) is 9.68. The van der Waals surface area contributed by atoms with Gasteiger partial charge in [0.15, 0.2) is 5.78 Å². The predicted octanol–water partition coefficient (Wildman–Crippen LogP) is 2.16. The van der Waals surface area contributed by atoms with Crippen LogP contribution >= 0.6 is 0 Å². The van der Waals surface area contributed by atoms with Gasteiger partial charge in [-0.25, -0.2) is 0 Å². The highest BCUT2D eigenvalue weighted by Gasteiger charge is 2.04. The minimum atomic E-state index is 0.0378. The molecule has 1 rings (SSSR count). The normalized spacial score (nSPS) is 9.62. The number of rotatable bonds is 4. The van der Waals surface area contributed by atoms with Crippen molar-refractivity contribution in [1.29, 1.82) is 0 Å². The summed E-state index contributed by atoms with van der Waals surface area (Å²) in [4.78, 5) is 21.5. The van der Waals surface area contributed by atoms with E-state index in [2.05, 4.69) is 0 Å². The first kappa shape index (κ1) is 9.65. The van der Waals surface area contributed by atoms with Gasteiger partial charge in [-0.3, -0.25) is 4.79 Å². The highest BCUT2D eigenvalue weighted by Crippen LogP contribution is 2.07. The van der Waals surface area contributed by atoms with Crippen LogP contribution in [0, 0.1) is 6.92 Å². The lowest BCUT2D eigenvalue weighted by Crippen LogP contribution is -1.99. The molecule has 0 amide bonds. The molecule has 68 valence electrons. The van der Waals surface area contributed by atoms with Gasteiger partial charge in [0, 0.05) is 18.4 Å². The van der Waals surface area contributed by atoms with E-state index >= 15 is 0 Å². The third-order valence-electron chi connectivity index (χ3n) is 1.83. The molecule has 0 atom stereocenters. The van der Waals surface area contributed by atoms with Gasteiger partial charge in [0.05, 0.1) is 0 Å². The number of hydrogen-bond acceptors (Lipinski definition) is 2. The lowest BCUT2D eigenvalue weighted by Gasteiger charge is -1.99. The number of aldehydes is 1. The average molecular weight is 176 g/mol. The first-order valence-electron chi connectivity index (χ1n) is 4.27. The maximum Gasteiger partial charge on any atom is 0.163 e. The zero-order valence-electron chi connectivity index (χ0n) is 7.62. The molecular formula is C11H12O2. The molecule has 0 aromatic heterocycles. The molecule has 2 nitrogen and oxygen atoms in total. The van der Waals surface area contributed by atoms with E-state index in [0.29, 0.717) is 18.4 Å². The summed E-state index contributed by atoms with van der Waals surface area (Å²) in [6, 6.07) is 7.41. The summed E-state index contributed by atoms with van der Waals surface area (Å²) in [7, 11) is 0. The molecule has 0 aliphatic heterocycles. The van der Waals surface area contributed by atoms with Crippen LogP contribution in [0.2, 0.25) is 0 Å². The van der Waals surface area contributed by atoms with E-state index in [0.717, 1.165) is 11.8 Å². The van der Waals surface area contributed by atoms with Crippen molar-refractivity contribution >= 4 is 12.1 Å². The van der Waals surface area contributed by atoms with Gasteiger partial charge in [0.2, 0.25) is 0 Å². The van der Waals surface area contributed by atoms with E-state index in [-0.39, 0.29) is 5.78 Å². The Morgan fingerprint density at radius 1 is 1.46 bits per heavy atom. The van der Waals surface area contributed by atoms with E-state index in [1.54, 1.807) is 6.07 Å². The fourth-order valence-corrected chi connectivity index (χ4v) is 1.15. The number of ketones is 1. The molecule has 0 aliphatic rings. The van der Waals surface area contributed by atoms with Gasteiger partial charge in [0.25, 0.3) is 0 Å². The molecule has 0 spiro atoms. The summed E-state index contributed by atoms with van der Waals surface area (Å²) < 4.78 is 0. The van der Waals surface area contributed by atoms with Crippen molar-refractivity contribution in [1.82, 2.24) is 0 Å². The van der Waals surface area contributed by atoms with Crippen molar-refractivity contribution in [3.63, 3.8) is 0 Å². The van der Waals surface area contributed by atoms with Crippen LogP contribution in [-0.2, 0) is 4.79 Å². The molecule has 0 aliphatic carbocycles. The molecule has 0 fully saturated rings. The fraction of sp³-hybridized carbons (Fsp3) is 0.273. The summed E-state index contributed by atoms with van der Waals surface area (Å²) in [6.45, 7) is 1.94. The number of benzene rings is 1. The molecule has 2 heteroatoms. The molecule has 13 heavy (non-hydrogen) atoms. The molecule has 0 N–H and O–H groups in total. The SMILES string of the molecule is Cc1cccc(C(=O)CCC=O)c1. The molecule has 0 saturated heterocycles. The van der Waals surface area contributed by atoms with Crippen molar-refractivity contribution in [2.75, 3.05) is 0 Å². The predicted molar refractivity (Wildman–Crippen MR) is 50.8 cm³/mol. The van der Waals surface area contributed by atoms with E-state index in [1.165, 1.54) is 0 Å². The first-order valence-corrected chi connectivity index (χ1v) is 4.27. The second-order valence-corrected chi connectivity index (χ2v) is 3.00. The van der Waals surface area contributed by atoms with Crippen LogP contribution in [0.15, 0.2) is 24.3 Å². The lowest BCUT2D eigenvalue weighted by molar-refractivity contribution is -0.107. The van der Waals surface area contributed by atoms with Crippen LogP contribution in [0.4, 0.5) is 0 Å². The molecule has 0 unspecified atom stereocenters. The van der Waals surface area contributed by atoms with E-state index in [4.69, 9.17) is 0 Å². The zero-order valence-corrected chi connectivity index (χ0v) is 7.62. The van der Waals surface area contributed by atoms with Crippen LogP contribution in [0.25, 0.3) is 0 Å². The van der Waals surface area contributed by atoms with Crippen molar-refractivity contribution in [3.8, 4) is 0 Å². The second-order valence-electron chi connectivity index (χ2n) is 3.00. The molecule has 0 radical (unpaired) electrons.